The van der Waals surface area contributed by atoms with Crippen LogP contribution in [0.4, 0.5) is 0 Å². The average Bonchev–Trinajstić information content (AvgIpc) is 3.43. The molecule has 2 N–H and O–H groups in total. The Balaban J connectivity index is 4.11. The fourth-order valence-electron chi connectivity index (χ4n) is 9.74. The number of likely N-dealkylation sites (N-methyl/N-ethyl adjacent to an activating group) is 1. The Bertz CT molecular complexity index is 1640. The van der Waals surface area contributed by atoms with Gasteiger partial charge in [-0.05, 0) is 89.9 Å². The van der Waals surface area contributed by atoms with Gasteiger partial charge < -0.3 is 28.8 Å². The number of hydrogen-bond donors (Lipinski definition) is 2. The first-order valence-corrected chi connectivity index (χ1v) is 35.6. The second-order valence-electron chi connectivity index (χ2n) is 24.1. The molecular weight excluding hydrogens is 1020 g/mol. The molecule has 3 unspecified atom stereocenters. The number of phosphoric acid groups is 1. The van der Waals surface area contributed by atoms with Gasteiger partial charge in [0.1, 0.15) is 13.2 Å². The van der Waals surface area contributed by atoms with Gasteiger partial charge in [-0.3, -0.25) is 9.36 Å². The van der Waals surface area contributed by atoms with Gasteiger partial charge >= 0.3 is 0 Å². The monoisotopic (exact) mass is 1150 g/mol. The molecule has 9 heteroatoms. The van der Waals surface area contributed by atoms with E-state index in [9.17, 15) is 19.4 Å². The van der Waals surface area contributed by atoms with E-state index in [-0.39, 0.29) is 12.5 Å². The third kappa shape index (κ3) is 64.8. The molecule has 0 aromatic carbocycles. The van der Waals surface area contributed by atoms with E-state index >= 15 is 0 Å². The number of hydrogen-bond acceptors (Lipinski definition) is 6. The lowest BCUT2D eigenvalue weighted by molar-refractivity contribution is -0.870. The van der Waals surface area contributed by atoms with Gasteiger partial charge in [0.2, 0.25) is 5.91 Å². The van der Waals surface area contributed by atoms with Crippen LogP contribution in [0.1, 0.15) is 303 Å². The number of carbonyl (C=O) groups excluding carboxylic acids is 1. The maximum absolute atomic E-state index is 13.0. The van der Waals surface area contributed by atoms with Crippen LogP contribution in [0.5, 0.6) is 0 Å². The third-order valence-corrected chi connectivity index (χ3v) is 16.0. The van der Waals surface area contributed by atoms with E-state index in [4.69, 9.17) is 9.05 Å². The molecule has 1 amide bonds. The summed E-state index contributed by atoms with van der Waals surface area (Å²) in [6.07, 6.45) is 89.6. The van der Waals surface area contributed by atoms with Crippen molar-refractivity contribution in [2.45, 2.75) is 315 Å². The van der Waals surface area contributed by atoms with Crippen LogP contribution in [0.3, 0.4) is 0 Å². The van der Waals surface area contributed by atoms with Gasteiger partial charge in [0.15, 0.2) is 0 Å². The minimum atomic E-state index is -4.62. The van der Waals surface area contributed by atoms with Crippen molar-refractivity contribution in [2.24, 2.45) is 0 Å². The highest BCUT2D eigenvalue weighted by Gasteiger charge is 2.23. The molecule has 0 saturated heterocycles. The molecule has 0 heterocycles. The zero-order valence-corrected chi connectivity index (χ0v) is 54.6. The summed E-state index contributed by atoms with van der Waals surface area (Å²) in [7, 11) is 1.24. The number of aliphatic hydroxyl groups excluding tert-OH is 1. The SMILES string of the molecule is CC/C=C\C/C=C\C/C=C\C/C=C\C/C=C\CCCCCCCCCCCCCCCCCCCCCC(=O)NC(COP(=O)([O-])OCC[N+](C)(C)C)C(O)/C=C/CC/C=C/CC/C=C/CCCCCCCCCCCCCCCC. The molecular formula is C72H131N2O6P. The van der Waals surface area contributed by atoms with Gasteiger partial charge in [-0.25, -0.2) is 0 Å². The molecule has 0 aliphatic heterocycles. The van der Waals surface area contributed by atoms with Crippen LogP contribution in [0.15, 0.2) is 97.2 Å². The summed E-state index contributed by atoms with van der Waals surface area (Å²) in [6, 6.07) is -0.915. The normalized spacial score (nSPS) is 14.3. The highest BCUT2D eigenvalue weighted by Crippen LogP contribution is 2.38. The van der Waals surface area contributed by atoms with Crippen molar-refractivity contribution in [1.82, 2.24) is 5.32 Å². The van der Waals surface area contributed by atoms with Gasteiger partial charge in [0.05, 0.1) is 39.9 Å². The third-order valence-electron chi connectivity index (χ3n) is 15.0. The molecule has 0 aliphatic rings. The van der Waals surface area contributed by atoms with Crippen molar-refractivity contribution < 1.29 is 32.9 Å². The van der Waals surface area contributed by atoms with Crippen LogP contribution in [0.2, 0.25) is 0 Å². The molecule has 0 bridgehead atoms. The van der Waals surface area contributed by atoms with Crippen LogP contribution in [0.25, 0.3) is 0 Å². The van der Waals surface area contributed by atoms with Gasteiger partial charge in [-0.2, -0.15) is 0 Å². The zero-order chi connectivity index (χ0) is 59.1. The maximum Gasteiger partial charge on any atom is 0.268 e. The minimum absolute atomic E-state index is 0.0110. The van der Waals surface area contributed by atoms with E-state index in [1.807, 2.05) is 27.2 Å². The molecule has 470 valence electrons. The van der Waals surface area contributed by atoms with E-state index in [0.717, 1.165) is 77.0 Å². The van der Waals surface area contributed by atoms with Crippen molar-refractivity contribution in [2.75, 3.05) is 40.9 Å². The molecule has 8 nitrogen and oxygen atoms in total. The lowest BCUT2D eigenvalue weighted by Gasteiger charge is -2.29. The van der Waals surface area contributed by atoms with E-state index in [1.54, 1.807) is 6.08 Å². The standard InChI is InChI=1S/C72H131N2O6P/c1-6-8-10-12-14-16-18-20-22-24-26-28-30-32-33-34-35-36-37-38-39-40-41-42-44-46-48-50-52-54-56-58-60-62-64-66-72(76)73-70(69-80-81(77,78)79-68-67-74(3,4)5)71(75)65-63-61-59-57-55-53-51-49-47-45-43-31-29-27-25-23-21-19-17-15-13-11-9-7-2/h8,10,14,16,20,22,26,28,32-33,47,49,55,57,63,65,70-71,75H,6-7,9,11-13,15,17-19,21,23-25,27,29-31,34-46,48,50-54,56,58-62,64,66-69H2,1-5H3,(H-,73,76,77,78)/b10-8-,16-14-,22-20-,28-26-,33-32-,49-47+,57-55+,65-63+. The van der Waals surface area contributed by atoms with Crippen molar-refractivity contribution in [3.8, 4) is 0 Å². The number of carbonyl (C=O) groups is 1. The van der Waals surface area contributed by atoms with Gasteiger partial charge in [0.25, 0.3) is 7.82 Å². The predicted molar refractivity (Wildman–Crippen MR) is 353 cm³/mol. The number of allylic oxidation sites excluding steroid dienone is 15. The number of nitrogens with one attached hydrogen (secondary N) is 1. The number of quaternary nitrogens is 1. The molecule has 0 saturated carbocycles. The van der Waals surface area contributed by atoms with E-state index < -0.39 is 26.6 Å². The van der Waals surface area contributed by atoms with Crippen LogP contribution in [0, 0.1) is 0 Å². The first-order valence-electron chi connectivity index (χ1n) is 34.1. The molecule has 0 fully saturated rings. The van der Waals surface area contributed by atoms with E-state index in [0.29, 0.717) is 17.4 Å². The highest BCUT2D eigenvalue weighted by molar-refractivity contribution is 7.45. The summed E-state index contributed by atoms with van der Waals surface area (Å²) in [4.78, 5) is 25.6. The molecule has 0 aliphatic carbocycles. The first-order chi connectivity index (χ1) is 39.5. The van der Waals surface area contributed by atoms with Crippen molar-refractivity contribution in [1.29, 1.82) is 0 Å². The number of amides is 1. The minimum Gasteiger partial charge on any atom is -0.756 e. The highest BCUT2D eigenvalue weighted by atomic mass is 31.2. The Kier molecular flexibility index (Phi) is 60.0. The first kappa shape index (κ1) is 78.4. The maximum atomic E-state index is 13.0. The van der Waals surface area contributed by atoms with Crippen LogP contribution >= 0.6 is 7.82 Å². The summed E-state index contributed by atoms with van der Waals surface area (Å²) >= 11 is 0. The largest absolute Gasteiger partial charge is 0.756 e. The Labute approximate surface area is 502 Å². The summed E-state index contributed by atoms with van der Waals surface area (Å²) in [5.74, 6) is -0.210. The fourth-order valence-corrected chi connectivity index (χ4v) is 10.5. The number of rotatable bonds is 62. The predicted octanol–water partition coefficient (Wildman–Crippen LogP) is 21.1. The summed E-state index contributed by atoms with van der Waals surface area (Å²) in [5, 5.41) is 13.9. The van der Waals surface area contributed by atoms with Crippen LogP contribution < -0.4 is 10.2 Å². The Hall–Kier alpha value is -2.58. The molecule has 0 aromatic rings. The molecule has 81 heavy (non-hydrogen) atoms. The Morgan fingerprint density at radius 1 is 0.444 bits per heavy atom. The molecule has 0 radical (unpaired) electrons. The van der Waals surface area contributed by atoms with Crippen LogP contribution in [-0.2, 0) is 18.4 Å². The van der Waals surface area contributed by atoms with Crippen molar-refractivity contribution >= 4 is 13.7 Å². The second kappa shape index (κ2) is 62.0. The zero-order valence-electron chi connectivity index (χ0n) is 53.7. The lowest BCUT2D eigenvalue weighted by Crippen LogP contribution is -2.45. The van der Waals surface area contributed by atoms with Gasteiger partial charge in [-0.1, -0.05) is 304 Å². The van der Waals surface area contributed by atoms with Crippen LogP contribution in [-0.4, -0.2) is 68.5 Å². The molecule has 3 atom stereocenters. The number of unbranched alkanes of at least 4 members (excludes halogenated alkanes) is 35. The number of aliphatic hydroxyl groups is 1. The fraction of sp³-hybridized carbons (Fsp3) is 0.764. The summed E-state index contributed by atoms with van der Waals surface area (Å²) < 4.78 is 23.4. The Morgan fingerprint density at radius 3 is 1.15 bits per heavy atom. The number of phosphoric ester groups is 1. The molecule has 0 spiro atoms. The summed E-state index contributed by atoms with van der Waals surface area (Å²) in [5.41, 5.74) is 0. The smallest absolute Gasteiger partial charge is 0.268 e. The van der Waals surface area contributed by atoms with E-state index in [2.05, 4.69) is 104 Å². The second-order valence-corrected chi connectivity index (χ2v) is 25.5. The molecule has 0 aromatic heterocycles. The number of nitrogens with zero attached hydrogens (tertiary/aromatic N) is 1. The summed E-state index contributed by atoms with van der Waals surface area (Å²) in [6.45, 7) is 4.53. The van der Waals surface area contributed by atoms with Gasteiger partial charge in [-0.15, -0.1) is 0 Å². The van der Waals surface area contributed by atoms with E-state index in [1.165, 1.54) is 205 Å². The van der Waals surface area contributed by atoms with Crippen molar-refractivity contribution in [3.63, 3.8) is 0 Å². The lowest BCUT2D eigenvalue weighted by atomic mass is 10.0. The molecule has 0 rings (SSSR count). The topological polar surface area (TPSA) is 108 Å². The van der Waals surface area contributed by atoms with Gasteiger partial charge in [0, 0.05) is 6.42 Å². The average molecular weight is 1150 g/mol. The Morgan fingerprint density at radius 2 is 0.765 bits per heavy atom. The quantitative estimate of drug-likeness (QED) is 0.0272. The van der Waals surface area contributed by atoms with Crippen molar-refractivity contribution in [3.05, 3.63) is 97.2 Å².